The third kappa shape index (κ3) is 4.46. The second-order valence-corrected chi connectivity index (χ2v) is 2.66. The van der Waals surface area contributed by atoms with Crippen LogP contribution in [0.5, 0.6) is 0 Å². The predicted octanol–water partition coefficient (Wildman–Crippen LogP) is 3.15. The van der Waals surface area contributed by atoms with Crippen LogP contribution < -0.4 is 0 Å². The second kappa shape index (κ2) is 6.09. The molecule has 0 aliphatic carbocycles. The molecule has 0 saturated heterocycles. The molecule has 0 amide bonds. The van der Waals surface area contributed by atoms with Gasteiger partial charge in [-0.1, -0.05) is 28.1 Å². The highest BCUT2D eigenvalue weighted by atomic mass is 79.9. The summed E-state index contributed by atoms with van der Waals surface area (Å²) in [5.74, 6) is 0.614. The smallest absolute Gasteiger partial charge is 0.00943 e. The van der Waals surface area contributed by atoms with Crippen molar-refractivity contribution in [3.05, 3.63) is 25.3 Å². The Morgan fingerprint density at radius 3 is 2.44 bits per heavy atom. The fourth-order valence-corrected chi connectivity index (χ4v) is 1.18. The number of alkyl halides is 1. The minimum Gasteiger partial charge on any atom is -0.103 e. The maximum absolute atomic E-state index is 3.72. The molecule has 52 valence electrons. The van der Waals surface area contributed by atoms with E-state index < -0.39 is 0 Å². The Kier molecular flexibility index (Phi) is 6.06. The van der Waals surface area contributed by atoms with Crippen LogP contribution in [0.2, 0.25) is 0 Å². The number of rotatable bonds is 5. The standard InChI is InChI=1S/C8H13Br/c1-3-5-6-8(4-2)7-9/h3-4,8H,1-2,5-7H2. The van der Waals surface area contributed by atoms with Crippen molar-refractivity contribution in [3.8, 4) is 0 Å². The first kappa shape index (κ1) is 8.96. The molecule has 0 fully saturated rings. The van der Waals surface area contributed by atoms with E-state index in [2.05, 4.69) is 29.1 Å². The minimum atomic E-state index is 0.614. The van der Waals surface area contributed by atoms with Gasteiger partial charge in [0.25, 0.3) is 0 Å². The summed E-state index contributed by atoms with van der Waals surface area (Å²) < 4.78 is 0. The van der Waals surface area contributed by atoms with Crippen LogP contribution in [0.3, 0.4) is 0 Å². The number of hydrogen-bond donors (Lipinski definition) is 0. The van der Waals surface area contributed by atoms with E-state index in [1.165, 1.54) is 0 Å². The van der Waals surface area contributed by atoms with Gasteiger partial charge in [-0.05, 0) is 18.8 Å². The summed E-state index contributed by atoms with van der Waals surface area (Å²) in [6.07, 6.45) is 6.18. The lowest BCUT2D eigenvalue weighted by Crippen LogP contribution is -1.95. The van der Waals surface area contributed by atoms with Crippen LogP contribution in [0.15, 0.2) is 25.3 Å². The van der Waals surface area contributed by atoms with Gasteiger partial charge in [0.05, 0.1) is 0 Å². The molecule has 1 unspecified atom stereocenters. The first-order valence-corrected chi connectivity index (χ1v) is 4.26. The molecule has 0 rings (SSSR count). The molecule has 9 heavy (non-hydrogen) atoms. The fraction of sp³-hybridized carbons (Fsp3) is 0.500. The van der Waals surface area contributed by atoms with Gasteiger partial charge in [0.15, 0.2) is 0 Å². The van der Waals surface area contributed by atoms with Crippen LogP contribution in [-0.2, 0) is 0 Å². The predicted molar refractivity (Wildman–Crippen MR) is 46.9 cm³/mol. The zero-order valence-electron chi connectivity index (χ0n) is 5.65. The van der Waals surface area contributed by atoms with Crippen LogP contribution in [0.4, 0.5) is 0 Å². The lowest BCUT2D eigenvalue weighted by molar-refractivity contribution is 0.674. The highest BCUT2D eigenvalue weighted by Crippen LogP contribution is 2.10. The molecule has 0 aromatic heterocycles. The van der Waals surface area contributed by atoms with Gasteiger partial charge in [-0.2, -0.15) is 0 Å². The van der Waals surface area contributed by atoms with E-state index in [0.717, 1.165) is 18.2 Å². The van der Waals surface area contributed by atoms with Crippen LogP contribution in [0, 0.1) is 5.92 Å². The van der Waals surface area contributed by atoms with Crippen LogP contribution in [0.1, 0.15) is 12.8 Å². The fourth-order valence-electron chi connectivity index (χ4n) is 0.590. The maximum atomic E-state index is 3.72. The molecule has 1 atom stereocenters. The number of halogens is 1. The topological polar surface area (TPSA) is 0 Å². The van der Waals surface area contributed by atoms with Gasteiger partial charge in [0, 0.05) is 5.33 Å². The van der Waals surface area contributed by atoms with E-state index >= 15 is 0 Å². The third-order valence-corrected chi connectivity index (χ3v) is 2.10. The van der Waals surface area contributed by atoms with E-state index in [1.807, 2.05) is 12.2 Å². The molecule has 0 aliphatic heterocycles. The van der Waals surface area contributed by atoms with Crippen LogP contribution >= 0.6 is 15.9 Å². The van der Waals surface area contributed by atoms with Crippen LogP contribution in [0.25, 0.3) is 0 Å². The summed E-state index contributed by atoms with van der Waals surface area (Å²) in [5.41, 5.74) is 0. The monoisotopic (exact) mass is 188 g/mol. The molecule has 0 spiro atoms. The van der Waals surface area contributed by atoms with Gasteiger partial charge in [-0.15, -0.1) is 13.2 Å². The molecule has 0 bridgehead atoms. The molecule has 0 N–H and O–H groups in total. The third-order valence-electron chi connectivity index (χ3n) is 1.27. The Morgan fingerprint density at radius 2 is 2.11 bits per heavy atom. The SMILES string of the molecule is C=CCCC(C=C)CBr. The van der Waals surface area contributed by atoms with E-state index in [1.54, 1.807) is 0 Å². The zero-order valence-corrected chi connectivity index (χ0v) is 7.23. The molecule has 0 aliphatic rings. The Labute approximate surface area is 65.8 Å². The van der Waals surface area contributed by atoms with Gasteiger partial charge in [-0.25, -0.2) is 0 Å². The van der Waals surface area contributed by atoms with Crippen molar-refractivity contribution in [2.24, 2.45) is 5.92 Å². The summed E-state index contributed by atoms with van der Waals surface area (Å²) in [4.78, 5) is 0. The van der Waals surface area contributed by atoms with E-state index in [9.17, 15) is 0 Å². The normalized spacial score (nSPS) is 12.6. The van der Waals surface area contributed by atoms with Crippen molar-refractivity contribution in [2.75, 3.05) is 5.33 Å². The summed E-state index contributed by atoms with van der Waals surface area (Å²) in [7, 11) is 0. The Morgan fingerprint density at radius 1 is 1.44 bits per heavy atom. The van der Waals surface area contributed by atoms with Crippen molar-refractivity contribution in [1.82, 2.24) is 0 Å². The number of hydrogen-bond acceptors (Lipinski definition) is 0. The van der Waals surface area contributed by atoms with Crippen molar-refractivity contribution in [1.29, 1.82) is 0 Å². The molecule has 1 heteroatoms. The summed E-state index contributed by atoms with van der Waals surface area (Å²) >= 11 is 3.40. The average molecular weight is 189 g/mol. The van der Waals surface area contributed by atoms with E-state index in [4.69, 9.17) is 0 Å². The lowest BCUT2D eigenvalue weighted by Gasteiger charge is -2.04. The first-order valence-electron chi connectivity index (χ1n) is 3.14. The van der Waals surface area contributed by atoms with Crippen molar-refractivity contribution < 1.29 is 0 Å². The van der Waals surface area contributed by atoms with Gasteiger partial charge in [0.2, 0.25) is 0 Å². The molecule has 0 radical (unpaired) electrons. The summed E-state index contributed by atoms with van der Waals surface area (Å²) in [6.45, 7) is 7.37. The van der Waals surface area contributed by atoms with Gasteiger partial charge >= 0.3 is 0 Å². The molecule has 0 nitrogen and oxygen atoms in total. The second-order valence-electron chi connectivity index (χ2n) is 2.02. The van der Waals surface area contributed by atoms with Crippen LogP contribution in [-0.4, -0.2) is 5.33 Å². The molecular weight excluding hydrogens is 176 g/mol. The highest BCUT2D eigenvalue weighted by molar-refractivity contribution is 9.09. The average Bonchev–Trinajstić information content (AvgIpc) is 1.91. The minimum absolute atomic E-state index is 0.614. The summed E-state index contributed by atoms with van der Waals surface area (Å²) in [5, 5.41) is 1.02. The molecular formula is C8H13Br. The molecule has 0 heterocycles. The lowest BCUT2D eigenvalue weighted by atomic mass is 10.1. The Balaban J connectivity index is 3.30. The van der Waals surface area contributed by atoms with Gasteiger partial charge < -0.3 is 0 Å². The quantitative estimate of drug-likeness (QED) is 0.460. The summed E-state index contributed by atoms with van der Waals surface area (Å²) in [6, 6.07) is 0. The Bertz CT molecular complexity index is 86.6. The highest BCUT2D eigenvalue weighted by Gasteiger charge is 1.97. The molecule has 0 saturated carbocycles. The van der Waals surface area contributed by atoms with E-state index in [0.29, 0.717) is 5.92 Å². The van der Waals surface area contributed by atoms with Gasteiger partial charge in [-0.3, -0.25) is 0 Å². The molecule has 0 aromatic carbocycles. The Hall–Kier alpha value is -0.0400. The maximum Gasteiger partial charge on any atom is 0.00943 e. The van der Waals surface area contributed by atoms with Gasteiger partial charge in [0.1, 0.15) is 0 Å². The largest absolute Gasteiger partial charge is 0.103 e. The van der Waals surface area contributed by atoms with E-state index in [-0.39, 0.29) is 0 Å². The number of allylic oxidation sites excluding steroid dienone is 2. The van der Waals surface area contributed by atoms with Crippen molar-refractivity contribution >= 4 is 15.9 Å². The van der Waals surface area contributed by atoms with Crippen molar-refractivity contribution in [3.63, 3.8) is 0 Å². The first-order chi connectivity index (χ1) is 4.35. The molecule has 0 aromatic rings. The van der Waals surface area contributed by atoms with Crippen molar-refractivity contribution in [2.45, 2.75) is 12.8 Å². The zero-order chi connectivity index (χ0) is 7.11.